The fraction of sp³-hybridized carbons (Fsp3) is 0.308. The predicted octanol–water partition coefficient (Wildman–Crippen LogP) is 4.21. The number of fused-ring (bicyclic) bond motifs is 3. The third kappa shape index (κ3) is 3.70. The van der Waals surface area contributed by atoms with Crippen LogP contribution < -0.4 is 10.1 Å². The van der Waals surface area contributed by atoms with E-state index in [2.05, 4.69) is 11.4 Å². The topological polar surface area (TPSA) is 78.9 Å². The van der Waals surface area contributed by atoms with E-state index in [4.69, 9.17) is 4.74 Å². The molecule has 3 atom stereocenters. The number of nitrogens with zero attached hydrogens (tertiary/aromatic N) is 1. The SMILES string of the molecule is COc1ccccc1-c1ccc2c(c1)[C@@H]1[C@@H](CCN1S(=O)(=O)c1cccc(C)c1)[C@H](CO)N2. The Labute approximate surface area is 194 Å². The number of anilines is 1. The molecule has 33 heavy (non-hydrogen) atoms. The first-order valence-electron chi connectivity index (χ1n) is 11.2. The maximum Gasteiger partial charge on any atom is 0.243 e. The third-order valence-electron chi connectivity index (χ3n) is 6.84. The molecule has 2 aliphatic heterocycles. The second-order valence-corrected chi connectivity index (χ2v) is 10.7. The van der Waals surface area contributed by atoms with Gasteiger partial charge in [0.25, 0.3) is 0 Å². The average Bonchev–Trinajstić information content (AvgIpc) is 3.30. The lowest BCUT2D eigenvalue weighted by molar-refractivity contribution is 0.210. The van der Waals surface area contributed by atoms with Crippen molar-refractivity contribution in [3.63, 3.8) is 0 Å². The monoisotopic (exact) mass is 464 g/mol. The fourth-order valence-corrected chi connectivity index (χ4v) is 7.02. The van der Waals surface area contributed by atoms with Gasteiger partial charge in [0, 0.05) is 23.7 Å². The van der Waals surface area contributed by atoms with E-state index in [1.807, 2.05) is 49.4 Å². The van der Waals surface area contributed by atoms with Gasteiger partial charge in [-0.05, 0) is 60.4 Å². The summed E-state index contributed by atoms with van der Waals surface area (Å²) in [6.07, 6.45) is 0.687. The summed E-state index contributed by atoms with van der Waals surface area (Å²) < 4.78 is 34.6. The van der Waals surface area contributed by atoms with Crippen molar-refractivity contribution in [2.45, 2.75) is 30.3 Å². The smallest absolute Gasteiger partial charge is 0.243 e. The quantitative estimate of drug-likeness (QED) is 0.591. The predicted molar refractivity (Wildman–Crippen MR) is 129 cm³/mol. The Kier molecular flexibility index (Phi) is 5.64. The van der Waals surface area contributed by atoms with Crippen LogP contribution in [0.5, 0.6) is 5.75 Å². The van der Waals surface area contributed by atoms with E-state index in [-0.39, 0.29) is 24.6 Å². The largest absolute Gasteiger partial charge is 0.496 e. The second-order valence-electron chi connectivity index (χ2n) is 8.77. The van der Waals surface area contributed by atoms with E-state index in [1.165, 1.54) is 0 Å². The summed E-state index contributed by atoms with van der Waals surface area (Å²) in [6.45, 7) is 2.27. The van der Waals surface area contributed by atoms with Crippen molar-refractivity contribution in [1.82, 2.24) is 4.31 Å². The maximum absolute atomic E-state index is 13.7. The van der Waals surface area contributed by atoms with Crippen LogP contribution in [-0.2, 0) is 10.0 Å². The summed E-state index contributed by atoms with van der Waals surface area (Å²) in [7, 11) is -2.05. The molecule has 2 aliphatic rings. The molecule has 1 fully saturated rings. The van der Waals surface area contributed by atoms with Crippen LogP contribution in [0.25, 0.3) is 11.1 Å². The summed E-state index contributed by atoms with van der Waals surface area (Å²) in [6, 6.07) is 20.4. The highest BCUT2D eigenvalue weighted by molar-refractivity contribution is 7.89. The van der Waals surface area contributed by atoms with Gasteiger partial charge < -0.3 is 15.2 Å². The summed E-state index contributed by atoms with van der Waals surface area (Å²) >= 11 is 0. The highest BCUT2D eigenvalue weighted by atomic mass is 32.2. The lowest BCUT2D eigenvalue weighted by Gasteiger charge is -2.39. The van der Waals surface area contributed by atoms with E-state index < -0.39 is 10.0 Å². The number of para-hydroxylation sites is 1. The van der Waals surface area contributed by atoms with E-state index in [1.54, 1.807) is 29.6 Å². The standard InChI is InChI=1S/C26H28N2O4S/c1-17-6-5-7-19(14-17)33(30,31)28-13-12-21-24(16-29)27-23-11-10-18(15-22(23)26(21)28)20-8-3-4-9-25(20)32-2/h3-11,14-15,21,24,26-27,29H,12-13,16H2,1-2H3/t21-,24-,26-/m0/s1. The number of benzene rings is 3. The molecule has 0 bridgehead atoms. The molecule has 6 nitrogen and oxygen atoms in total. The highest BCUT2D eigenvalue weighted by Gasteiger charge is 2.48. The number of rotatable bonds is 5. The van der Waals surface area contributed by atoms with Crippen LogP contribution in [0.2, 0.25) is 0 Å². The van der Waals surface area contributed by atoms with Gasteiger partial charge in [-0.15, -0.1) is 0 Å². The number of aryl methyl sites for hydroxylation is 1. The Morgan fingerprint density at radius 3 is 2.67 bits per heavy atom. The molecule has 0 spiro atoms. The first-order valence-corrected chi connectivity index (χ1v) is 12.6. The zero-order valence-electron chi connectivity index (χ0n) is 18.7. The van der Waals surface area contributed by atoms with Crippen molar-refractivity contribution in [1.29, 1.82) is 0 Å². The Morgan fingerprint density at radius 1 is 1.09 bits per heavy atom. The van der Waals surface area contributed by atoms with Gasteiger partial charge in [-0.1, -0.05) is 36.4 Å². The van der Waals surface area contributed by atoms with Crippen molar-refractivity contribution in [3.8, 4) is 16.9 Å². The molecule has 1 saturated heterocycles. The van der Waals surface area contributed by atoms with Gasteiger partial charge >= 0.3 is 0 Å². The Hall–Kier alpha value is -2.87. The molecule has 172 valence electrons. The minimum atomic E-state index is -3.70. The van der Waals surface area contributed by atoms with Crippen molar-refractivity contribution in [2.75, 3.05) is 25.6 Å². The van der Waals surface area contributed by atoms with Gasteiger partial charge in [0.1, 0.15) is 5.75 Å². The van der Waals surface area contributed by atoms with Gasteiger partial charge in [-0.3, -0.25) is 0 Å². The van der Waals surface area contributed by atoms with Gasteiger partial charge in [0.05, 0.1) is 30.7 Å². The van der Waals surface area contributed by atoms with Crippen molar-refractivity contribution < 1.29 is 18.3 Å². The maximum atomic E-state index is 13.7. The van der Waals surface area contributed by atoms with Crippen LogP contribution in [0, 0.1) is 12.8 Å². The average molecular weight is 465 g/mol. The number of aliphatic hydroxyl groups is 1. The Morgan fingerprint density at radius 2 is 1.91 bits per heavy atom. The van der Waals surface area contributed by atoms with Crippen LogP contribution in [0.1, 0.15) is 23.6 Å². The van der Waals surface area contributed by atoms with E-state index in [0.717, 1.165) is 33.7 Å². The molecule has 3 aromatic rings. The molecule has 3 aromatic carbocycles. The van der Waals surface area contributed by atoms with Crippen LogP contribution in [0.4, 0.5) is 5.69 Å². The third-order valence-corrected chi connectivity index (χ3v) is 8.71. The number of ether oxygens (including phenoxy) is 1. The first kappa shape index (κ1) is 21.9. The minimum Gasteiger partial charge on any atom is -0.496 e. The number of hydrogen-bond acceptors (Lipinski definition) is 5. The van der Waals surface area contributed by atoms with Crippen LogP contribution in [0.15, 0.2) is 71.6 Å². The number of sulfonamides is 1. The zero-order valence-corrected chi connectivity index (χ0v) is 19.5. The van der Waals surface area contributed by atoms with Gasteiger partial charge in [-0.25, -0.2) is 8.42 Å². The Balaban J connectivity index is 1.63. The van der Waals surface area contributed by atoms with Crippen LogP contribution in [0.3, 0.4) is 0 Å². The molecular weight excluding hydrogens is 436 g/mol. The van der Waals surface area contributed by atoms with Crippen molar-refractivity contribution in [3.05, 3.63) is 77.9 Å². The summed E-state index contributed by atoms with van der Waals surface area (Å²) in [5.74, 6) is 0.747. The minimum absolute atomic E-state index is 0.0185. The molecular formula is C26H28N2O4S. The van der Waals surface area contributed by atoms with Crippen molar-refractivity contribution in [2.24, 2.45) is 5.92 Å². The van der Waals surface area contributed by atoms with Gasteiger partial charge in [0.15, 0.2) is 0 Å². The molecule has 0 aromatic heterocycles. The summed E-state index contributed by atoms with van der Waals surface area (Å²) in [5, 5.41) is 13.5. The molecule has 0 amide bonds. The summed E-state index contributed by atoms with van der Waals surface area (Å²) in [5.41, 5.74) is 4.62. The number of aliphatic hydroxyl groups excluding tert-OH is 1. The molecule has 7 heteroatoms. The van der Waals surface area contributed by atoms with Crippen LogP contribution in [-0.4, -0.2) is 44.1 Å². The molecule has 5 rings (SSSR count). The lowest BCUT2D eigenvalue weighted by Crippen LogP contribution is -2.42. The number of methoxy groups -OCH3 is 1. The molecule has 0 saturated carbocycles. The van der Waals surface area contributed by atoms with Crippen molar-refractivity contribution >= 4 is 15.7 Å². The van der Waals surface area contributed by atoms with Crippen LogP contribution >= 0.6 is 0 Å². The first-order chi connectivity index (χ1) is 15.9. The zero-order chi connectivity index (χ0) is 23.2. The summed E-state index contributed by atoms with van der Waals surface area (Å²) in [4.78, 5) is 0.310. The normalized spacial score (nSPS) is 22.3. The molecule has 0 unspecified atom stereocenters. The van der Waals surface area contributed by atoms with E-state index in [9.17, 15) is 13.5 Å². The fourth-order valence-electron chi connectivity index (χ4n) is 5.25. The lowest BCUT2D eigenvalue weighted by atomic mass is 9.82. The molecule has 2 N–H and O–H groups in total. The highest BCUT2D eigenvalue weighted by Crippen LogP contribution is 2.49. The molecule has 0 aliphatic carbocycles. The number of hydrogen-bond donors (Lipinski definition) is 2. The number of nitrogens with one attached hydrogen (secondary N) is 1. The Bertz CT molecular complexity index is 1290. The van der Waals surface area contributed by atoms with E-state index in [0.29, 0.717) is 17.9 Å². The van der Waals surface area contributed by atoms with E-state index >= 15 is 0 Å². The molecule has 2 heterocycles. The second kappa shape index (κ2) is 8.48. The van der Waals surface area contributed by atoms with Gasteiger partial charge in [0.2, 0.25) is 10.0 Å². The molecule has 0 radical (unpaired) electrons. The van der Waals surface area contributed by atoms with Gasteiger partial charge in [-0.2, -0.15) is 4.31 Å².